The maximum absolute atomic E-state index is 5.32. The highest BCUT2D eigenvalue weighted by Gasteiger charge is 2.18. The fourth-order valence-electron chi connectivity index (χ4n) is 8.37. The Morgan fingerprint density at radius 1 is 0.262 bits per heavy atom. The van der Waals surface area contributed by atoms with Gasteiger partial charge in [-0.3, -0.25) is 0 Å². The molecule has 0 aliphatic carbocycles. The zero-order valence-corrected chi connectivity index (χ0v) is 34.1. The van der Waals surface area contributed by atoms with E-state index in [1.165, 1.54) is 65.7 Å². The molecule has 2 aromatic heterocycles. The van der Waals surface area contributed by atoms with Gasteiger partial charge in [0.15, 0.2) is 5.82 Å². The highest BCUT2D eigenvalue weighted by atomic mass is 32.1. The van der Waals surface area contributed by atoms with Crippen molar-refractivity contribution in [2.24, 2.45) is 0 Å². The van der Waals surface area contributed by atoms with Gasteiger partial charge in [-0.05, 0) is 103 Å². The highest BCUT2D eigenvalue weighted by molar-refractivity contribution is 7.25. The van der Waals surface area contributed by atoms with Crippen molar-refractivity contribution in [1.82, 2.24) is 9.97 Å². The maximum atomic E-state index is 5.32. The van der Waals surface area contributed by atoms with Crippen molar-refractivity contribution in [1.29, 1.82) is 0 Å². The average Bonchev–Trinajstić information content (AvgIpc) is 3.73. The van der Waals surface area contributed by atoms with Gasteiger partial charge >= 0.3 is 0 Å². The van der Waals surface area contributed by atoms with Crippen molar-refractivity contribution in [3.8, 4) is 89.4 Å². The molecule has 0 aliphatic heterocycles. The molecule has 9 aromatic carbocycles. The number of benzene rings is 9. The largest absolute Gasteiger partial charge is 0.227 e. The molecule has 0 fully saturated rings. The summed E-state index contributed by atoms with van der Waals surface area (Å²) < 4.78 is 1.21. The van der Waals surface area contributed by atoms with Crippen LogP contribution in [0.3, 0.4) is 0 Å². The summed E-state index contributed by atoms with van der Waals surface area (Å²) in [4.78, 5) is 11.5. The molecule has 11 aromatic rings. The van der Waals surface area contributed by atoms with Crippen LogP contribution in [0.5, 0.6) is 0 Å². The third kappa shape index (κ3) is 7.22. The monoisotopic (exact) mass is 794 g/mol. The van der Waals surface area contributed by atoms with Crippen LogP contribution in [0, 0.1) is 0 Å². The summed E-state index contributed by atoms with van der Waals surface area (Å²) in [5.41, 5.74) is 17.3. The van der Waals surface area contributed by atoms with Crippen molar-refractivity contribution in [3.63, 3.8) is 0 Å². The second kappa shape index (κ2) is 15.8. The Balaban J connectivity index is 0.906. The molecule has 0 N–H and O–H groups in total. The van der Waals surface area contributed by atoms with Crippen LogP contribution in [0.2, 0.25) is 0 Å². The van der Waals surface area contributed by atoms with E-state index in [1.54, 1.807) is 11.3 Å². The Morgan fingerprint density at radius 2 is 0.623 bits per heavy atom. The lowest BCUT2D eigenvalue weighted by Crippen LogP contribution is -1.94. The Labute approximate surface area is 359 Å². The van der Waals surface area contributed by atoms with Gasteiger partial charge in [-0.15, -0.1) is 11.3 Å². The molecule has 0 saturated carbocycles. The smallest absolute Gasteiger partial charge is 0.161 e. The first-order valence-electron chi connectivity index (χ1n) is 20.6. The Hall–Kier alpha value is -7.72. The van der Waals surface area contributed by atoms with Gasteiger partial charge in [0, 0.05) is 26.6 Å². The molecule has 11 rings (SSSR count). The summed E-state index contributed by atoms with van der Waals surface area (Å²) in [6, 6.07) is 82.4. The van der Waals surface area contributed by atoms with E-state index < -0.39 is 0 Å². The molecule has 0 unspecified atom stereocenters. The van der Waals surface area contributed by atoms with Crippen LogP contribution in [-0.4, -0.2) is 9.97 Å². The Bertz CT molecular complexity index is 3260. The second-order valence-electron chi connectivity index (χ2n) is 15.4. The fourth-order valence-corrected chi connectivity index (χ4v) is 9.45. The number of hydrogen-bond donors (Lipinski definition) is 0. The lowest BCUT2D eigenvalue weighted by Gasteiger charge is -2.12. The molecular weight excluding hydrogens is 757 g/mol. The molecule has 0 aliphatic rings. The number of aromatic nitrogens is 2. The molecule has 0 amide bonds. The minimum Gasteiger partial charge on any atom is -0.227 e. The minimum atomic E-state index is 0.727. The van der Waals surface area contributed by atoms with E-state index >= 15 is 0 Å². The Kier molecular flexibility index (Phi) is 9.42. The third-order valence-electron chi connectivity index (χ3n) is 11.5. The molecule has 0 spiro atoms. The van der Waals surface area contributed by atoms with E-state index in [9.17, 15) is 0 Å². The number of thiophene rings is 1. The number of nitrogens with zero attached hydrogens (tertiary/aromatic N) is 2. The van der Waals surface area contributed by atoms with Crippen LogP contribution in [0.1, 0.15) is 0 Å². The molecule has 0 bridgehead atoms. The van der Waals surface area contributed by atoms with E-state index in [0.29, 0.717) is 0 Å². The van der Waals surface area contributed by atoms with Gasteiger partial charge in [0.05, 0.1) is 5.69 Å². The van der Waals surface area contributed by atoms with Gasteiger partial charge in [0.25, 0.3) is 0 Å². The summed E-state index contributed by atoms with van der Waals surface area (Å²) in [5, 5.41) is 2.29. The Morgan fingerprint density at radius 3 is 1.15 bits per heavy atom. The minimum absolute atomic E-state index is 0.727. The first kappa shape index (κ1) is 36.4. The SMILES string of the molecule is c1ccc(-c2cc(-c3ccccc3)cc(-c3ccc(-c4cccc(-c5ccc(-c6nc(-c7cccc(-c8ccccc8)c7)c7c(n6)sc6ccccc67)cc5)c4)cc3)c2)cc1. The van der Waals surface area contributed by atoms with Crippen LogP contribution in [0.4, 0.5) is 0 Å². The van der Waals surface area contributed by atoms with Gasteiger partial charge in [0.1, 0.15) is 4.83 Å². The first-order valence-corrected chi connectivity index (χ1v) is 21.4. The maximum Gasteiger partial charge on any atom is 0.161 e. The van der Waals surface area contributed by atoms with Crippen molar-refractivity contribution in [2.75, 3.05) is 0 Å². The zero-order valence-electron chi connectivity index (χ0n) is 33.2. The quantitative estimate of drug-likeness (QED) is 0.153. The lowest BCUT2D eigenvalue weighted by molar-refractivity contribution is 1.24. The van der Waals surface area contributed by atoms with Gasteiger partial charge < -0.3 is 0 Å². The van der Waals surface area contributed by atoms with E-state index in [4.69, 9.17) is 9.97 Å². The van der Waals surface area contributed by atoms with Crippen LogP contribution >= 0.6 is 11.3 Å². The molecule has 0 atom stereocenters. The van der Waals surface area contributed by atoms with Gasteiger partial charge in [-0.1, -0.05) is 194 Å². The normalized spacial score (nSPS) is 11.3. The standard InChI is InChI=1S/C58H38N2S/c1-4-14-39(15-5-1)48-22-13-23-49(35-48)56-55-53-24-10-11-25-54(53)61-58(55)60-57(59-56)45-32-30-43(31-33-45)47-21-12-20-46(34-47)42-26-28-44(29-27-42)52-37-50(40-16-6-2-7-17-40)36-51(38-52)41-18-8-3-9-19-41/h1-38H. The van der Waals surface area contributed by atoms with Crippen LogP contribution in [0.15, 0.2) is 231 Å². The molecule has 2 nitrogen and oxygen atoms in total. The molecule has 61 heavy (non-hydrogen) atoms. The van der Waals surface area contributed by atoms with Gasteiger partial charge in [0.2, 0.25) is 0 Å². The van der Waals surface area contributed by atoms with Crippen LogP contribution < -0.4 is 0 Å². The summed E-state index contributed by atoms with van der Waals surface area (Å²) in [5.74, 6) is 0.727. The van der Waals surface area contributed by atoms with E-state index in [2.05, 4.69) is 231 Å². The zero-order chi connectivity index (χ0) is 40.5. The van der Waals surface area contributed by atoms with Crippen molar-refractivity contribution < 1.29 is 0 Å². The average molecular weight is 795 g/mol. The first-order chi connectivity index (χ1) is 30.2. The predicted molar refractivity (Wildman–Crippen MR) is 258 cm³/mol. The fraction of sp³-hybridized carbons (Fsp3) is 0. The number of fused-ring (bicyclic) bond motifs is 3. The second-order valence-corrected chi connectivity index (χ2v) is 16.4. The molecular formula is C58H38N2S. The highest BCUT2D eigenvalue weighted by Crippen LogP contribution is 2.41. The van der Waals surface area contributed by atoms with E-state index in [-0.39, 0.29) is 0 Å². The van der Waals surface area contributed by atoms with Gasteiger partial charge in [-0.2, -0.15) is 0 Å². The summed E-state index contributed by atoms with van der Waals surface area (Å²) in [7, 11) is 0. The molecule has 0 radical (unpaired) electrons. The topological polar surface area (TPSA) is 25.8 Å². The van der Waals surface area contributed by atoms with Crippen molar-refractivity contribution >= 4 is 31.6 Å². The molecule has 286 valence electrons. The molecule has 0 saturated heterocycles. The van der Waals surface area contributed by atoms with Crippen LogP contribution in [0.25, 0.3) is 110 Å². The molecule has 3 heteroatoms. The number of rotatable bonds is 8. The lowest BCUT2D eigenvalue weighted by atomic mass is 9.92. The van der Waals surface area contributed by atoms with Gasteiger partial charge in [-0.25, -0.2) is 9.97 Å². The van der Waals surface area contributed by atoms with Crippen molar-refractivity contribution in [3.05, 3.63) is 231 Å². The summed E-state index contributed by atoms with van der Waals surface area (Å²) in [6.07, 6.45) is 0. The molecule has 2 heterocycles. The summed E-state index contributed by atoms with van der Waals surface area (Å²) in [6.45, 7) is 0. The van der Waals surface area contributed by atoms with E-state index in [1.807, 2.05) is 0 Å². The third-order valence-corrected chi connectivity index (χ3v) is 12.6. The van der Waals surface area contributed by atoms with Crippen LogP contribution in [-0.2, 0) is 0 Å². The van der Waals surface area contributed by atoms with E-state index in [0.717, 1.165) is 44.0 Å². The predicted octanol–water partition coefficient (Wildman–Crippen LogP) is 16.2. The van der Waals surface area contributed by atoms with Crippen molar-refractivity contribution in [2.45, 2.75) is 0 Å². The summed E-state index contributed by atoms with van der Waals surface area (Å²) >= 11 is 1.73. The number of hydrogen-bond acceptors (Lipinski definition) is 3.